The highest BCUT2D eigenvalue weighted by Crippen LogP contribution is 2.38. The fourth-order valence-corrected chi connectivity index (χ4v) is 4.84. The first-order chi connectivity index (χ1) is 15.6. The zero-order valence-electron chi connectivity index (χ0n) is 17.6. The number of rotatable bonds is 8. The number of benzene rings is 2. The number of halogens is 4. The summed E-state index contributed by atoms with van der Waals surface area (Å²) in [4.78, 5) is 4.75. The van der Waals surface area contributed by atoms with Gasteiger partial charge in [0.25, 0.3) is 0 Å². The molecule has 1 heterocycles. The molecule has 0 atom stereocenters. The van der Waals surface area contributed by atoms with Crippen molar-refractivity contribution in [1.29, 1.82) is 0 Å². The maximum absolute atomic E-state index is 14.2. The van der Waals surface area contributed by atoms with Gasteiger partial charge in [-0.05, 0) is 67.2 Å². The molecule has 1 aliphatic rings. The number of alkyl halides is 3. The van der Waals surface area contributed by atoms with E-state index < -0.39 is 33.1 Å². The van der Waals surface area contributed by atoms with Crippen LogP contribution in [0.2, 0.25) is 0 Å². The maximum atomic E-state index is 14.2. The number of sulfonamides is 1. The van der Waals surface area contributed by atoms with Crippen LogP contribution in [0.25, 0.3) is 21.6 Å². The minimum Gasteiger partial charge on any atom is -0.302 e. The number of nitrogens with one attached hydrogen (secondary N) is 1. The Labute approximate surface area is 189 Å². The Kier molecular flexibility index (Phi) is 7.96. The van der Waals surface area contributed by atoms with Crippen LogP contribution in [0.1, 0.15) is 18.4 Å². The van der Waals surface area contributed by atoms with Crippen LogP contribution in [0, 0.1) is 11.7 Å². The van der Waals surface area contributed by atoms with Crippen molar-refractivity contribution in [2.24, 2.45) is 11.0 Å². The fraction of sp³-hybridized carbons (Fsp3) is 0.429. The Morgan fingerprint density at radius 1 is 1.12 bits per heavy atom. The summed E-state index contributed by atoms with van der Waals surface area (Å²) in [6.45, 7) is 2.66. The lowest BCUT2D eigenvalue weighted by Gasteiger charge is -2.31. The van der Waals surface area contributed by atoms with Gasteiger partial charge in [0.05, 0.1) is 10.5 Å². The van der Waals surface area contributed by atoms with Crippen LogP contribution in [-0.4, -0.2) is 46.0 Å². The number of nitrogens with zero attached hydrogens (tertiary/aromatic N) is 4. The molecule has 7 nitrogen and oxygen atoms in total. The Hall–Kier alpha value is -2.66. The van der Waals surface area contributed by atoms with Gasteiger partial charge in [-0.25, -0.2) is 17.5 Å². The molecule has 1 fully saturated rings. The monoisotopic (exact) mass is 485 g/mol. The first-order valence-electron chi connectivity index (χ1n) is 10.3. The molecule has 1 N–H and O–H groups in total. The Balaban J connectivity index is 1.62. The third-order valence-electron chi connectivity index (χ3n) is 5.60. The van der Waals surface area contributed by atoms with E-state index in [0.717, 1.165) is 68.4 Å². The molecule has 0 amide bonds. The summed E-state index contributed by atoms with van der Waals surface area (Å²) >= 11 is 0. The topological polar surface area (TPSA) is 98.2 Å². The molecular formula is C21H23F4N5O2S. The van der Waals surface area contributed by atoms with Crippen LogP contribution >= 0.6 is 0 Å². The summed E-state index contributed by atoms with van der Waals surface area (Å²) in [6, 6.07) is 7.33. The number of hydrogen-bond acceptors (Lipinski definition) is 4. The van der Waals surface area contributed by atoms with Crippen molar-refractivity contribution in [3.63, 3.8) is 0 Å². The van der Waals surface area contributed by atoms with Crippen molar-refractivity contribution in [1.82, 2.24) is 9.62 Å². The zero-order chi connectivity index (χ0) is 24.1. The van der Waals surface area contributed by atoms with E-state index in [4.69, 9.17) is 5.53 Å². The van der Waals surface area contributed by atoms with E-state index in [9.17, 15) is 26.0 Å². The van der Waals surface area contributed by atoms with E-state index in [1.807, 2.05) is 0 Å². The summed E-state index contributed by atoms with van der Waals surface area (Å²) in [5, 5.41) is 3.59. The molecule has 12 heteroatoms. The molecule has 0 radical (unpaired) electrons. The van der Waals surface area contributed by atoms with E-state index in [0.29, 0.717) is 19.0 Å². The van der Waals surface area contributed by atoms with Gasteiger partial charge in [-0.2, -0.15) is 13.2 Å². The third kappa shape index (κ3) is 6.44. The van der Waals surface area contributed by atoms with E-state index in [2.05, 4.69) is 19.6 Å². The van der Waals surface area contributed by atoms with E-state index in [1.165, 1.54) is 0 Å². The lowest BCUT2D eigenvalue weighted by molar-refractivity contribution is -0.137. The van der Waals surface area contributed by atoms with Crippen LogP contribution in [0.15, 0.2) is 52.5 Å². The third-order valence-corrected chi connectivity index (χ3v) is 7.08. The second-order valence-electron chi connectivity index (χ2n) is 7.78. The standard InChI is InChI=1S/C21H23F4N5O2S/c22-19-3-1-2-18(21(23,24)25)20(19)16-4-6-17(7-5-16)33(31,32)28-10-13-30-11-8-15(9-12-30)14-27-29-26/h1-7,15,28H,8-14H2. The quantitative estimate of drug-likeness (QED) is 0.251. The number of hydrogen-bond donors (Lipinski definition) is 1. The van der Waals surface area contributed by atoms with Crippen LogP contribution in [0.5, 0.6) is 0 Å². The van der Waals surface area contributed by atoms with Crippen molar-refractivity contribution < 1.29 is 26.0 Å². The van der Waals surface area contributed by atoms with Gasteiger partial charge in [-0.1, -0.05) is 23.3 Å². The molecule has 0 spiro atoms. The van der Waals surface area contributed by atoms with Gasteiger partial charge < -0.3 is 4.90 Å². The molecular weight excluding hydrogens is 462 g/mol. The summed E-state index contributed by atoms with van der Waals surface area (Å²) in [7, 11) is -3.88. The predicted octanol–water partition coefficient (Wildman–Crippen LogP) is 4.81. The van der Waals surface area contributed by atoms with Crippen LogP contribution in [-0.2, 0) is 16.2 Å². The molecule has 178 valence electrons. The molecule has 0 unspecified atom stereocenters. The predicted molar refractivity (Wildman–Crippen MR) is 115 cm³/mol. The highest BCUT2D eigenvalue weighted by atomic mass is 32.2. The fourth-order valence-electron chi connectivity index (χ4n) is 3.82. The average Bonchev–Trinajstić information content (AvgIpc) is 2.78. The van der Waals surface area contributed by atoms with Crippen molar-refractivity contribution >= 4 is 10.0 Å². The molecule has 3 rings (SSSR count). The smallest absolute Gasteiger partial charge is 0.302 e. The second-order valence-corrected chi connectivity index (χ2v) is 9.55. The highest BCUT2D eigenvalue weighted by Gasteiger charge is 2.35. The average molecular weight is 486 g/mol. The summed E-state index contributed by atoms with van der Waals surface area (Å²) < 4.78 is 81.5. The Morgan fingerprint density at radius 2 is 1.79 bits per heavy atom. The normalized spacial score (nSPS) is 15.9. The molecule has 0 aromatic heterocycles. The van der Waals surface area contributed by atoms with Crippen molar-refractivity contribution in [3.05, 3.63) is 64.3 Å². The summed E-state index contributed by atoms with van der Waals surface area (Å²) in [6.07, 6.45) is -3.02. The van der Waals surface area contributed by atoms with Gasteiger partial charge in [0.2, 0.25) is 10.0 Å². The lowest BCUT2D eigenvalue weighted by Crippen LogP contribution is -2.40. The molecule has 33 heavy (non-hydrogen) atoms. The van der Waals surface area contributed by atoms with Gasteiger partial charge in [0.15, 0.2) is 0 Å². The molecule has 2 aromatic carbocycles. The number of likely N-dealkylation sites (tertiary alicyclic amines) is 1. The van der Waals surface area contributed by atoms with Gasteiger partial charge >= 0.3 is 6.18 Å². The molecule has 1 aliphatic heterocycles. The second kappa shape index (κ2) is 10.5. The number of azide groups is 1. The van der Waals surface area contributed by atoms with Gasteiger partial charge in [-0.3, -0.25) is 0 Å². The molecule has 0 saturated carbocycles. The maximum Gasteiger partial charge on any atom is 0.417 e. The van der Waals surface area contributed by atoms with Gasteiger partial charge in [0.1, 0.15) is 5.82 Å². The van der Waals surface area contributed by atoms with Gasteiger partial charge in [-0.15, -0.1) is 0 Å². The van der Waals surface area contributed by atoms with Crippen LogP contribution in [0.3, 0.4) is 0 Å². The minimum absolute atomic E-state index is 0.0667. The van der Waals surface area contributed by atoms with Crippen molar-refractivity contribution in [2.45, 2.75) is 23.9 Å². The van der Waals surface area contributed by atoms with Crippen LogP contribution < -0.4 is 4.72 Å². The largest absolute Gasteiger partial charge is 0.417 e. The highest BCUT2D eigenvalue weighted by molar-refractivity contribution is 7.89. The van der Waals surface area contributed by atoms with E-state index in [1.54, 1.807) is 0 Å². The Bertz CT molecular complexity index is 1110. The molecule has 1 saturated heterocycles. The molecule has 2 aromatic rings. The first-order valence-corrected chi connectivity index (χ1v) is 11.8. The van der Waals surface area contributed by atoms with E-state index in [-0.39, 0.29) is 17.0 Å². The minimum atomic E-state index is -4.75. The summed E-state index contributed by atoms with van der Waals surface area (Å²) in [5.74, 6) is -0.707. The number of piperidine rings is 1. The van der Waals surface area contributed by atoms with Crippen LogP contribution in [0.4, 0.5) is 17.6 Å². The lowest BCUT2D eigenvalue weighted by atomic mass is 9.97. The van der Waals surface area contributed by atoms with E-state index >= 15 is 0 Å². The molecule has 0 bridgehead atoms. The zero-order valence-corrected chi connectivity index (χ0v) is 18.4. The SMILES string of the molecule is [N-]=[N+]=NCC1CCN(CCNS(=O)(=O)c2ccc(-c3c(F)cccc3C(F)(F)F)cc2)CC1. The molecule has 0 aliphatic carbocycles. The first kappa shape index (κ1) is 25.0. The summed E-state index contributed by atoms with van der Waals surface area (Å²) in [5.41, 5.74) is 6.57. The Morgan fingerprint density at radius 3 is 2.39 bits per heavy atom. The van der Waals surface area contributed by atoms with Crippen molar-refractivity contribution in [2.75, 3.05) is 32.7 Å². The van der Waals surface area contributed by atoms with Crippen molar-refractivity contribution in [3.8, 4) is 11.1 Å². The van der Waals surface area contributed by atoms with Gasteiger partial charge in [0, 0.05) is 30.1 Å².